The van der Waals surface area contributed by atoms with E-state index in [2.05, 4.69) is 37.9 Å². The Balaban J connectivity index is 1.06. The quantitative estimate of drug-likeness (QED) is 0.217. The van der Waals surface area contributed by atoms with Crippen LogP contribution in [0, 0.1) is 23.7 Å². The number of hydrogen-bond acceptors (Lipinski definition) is 7. The number of anilines is 1. The average Bonchev–Trinajstić information content (AvgIpc) is 3.60. The van der Waals surface area contributed by atoms with Crippen LogP contribution in [0.4, 0.5) is 5.69 Å². The molecule has 4 heterocycles. The second kappa shape index (κ2) is 15.6. The third kappa shape index (κ3) is 8.56. The molecule has 2 amide bonds. The van der Waals surface area contributed by atoms with Gasteiger partial charge in [-0.15, -0.1) is 11.3 Å². The summed E-state index contributed by atoms with van der Waals surface area (Å²) < 4.78 is 0. The van der Waals surface area contributed by atoms with E-state index in [0.29, 0.717) is 10.7 Å². The first-order valence-electron chi connectivity index (χ1n) is 18.6. The van der Waals surface area contributed by atoms with Gasteiger partial charge in [0.1, 0.15) is 6.04 Å². The van der Waals surface area contributed by atoms with Gasteiger partial charge in [0, 0.05) is 43.0 Å². The van der Waals surface area contributed by atoms with E-state index in [1.165, 1.54) is 67.6 Å². The number of piperidine rings is 1. The van der Waals surface area contributed by atoms with Crippen molar-refractivity contribution in [1.29, 1.82) is 0 Å². The molecule has 1 aromatic carbocycles. The van der Waals surface area contributed by atoms with E-state index in [9.17, 15) is 19.5 Å². The summed E-state index contributed by atoms with van der Waals surface area (Å²) in [4.78, 5) is 53.2. The number of aromatic nitrogens is 2. The Morgan fingerprint density at radius 1 is 0.920 bits per heavy atom. The Morgan fingerprint density at radius 3 is 2.14 bits per heavy atom. The molecule has 3 aliphatic rings. The minimum Gasteiger partial charge on any atom is -0.481 e. The fourth-order valence-corrected chi connectivity index (χ4v) is 8.94. The van der Waals surface area contributed by atoms with E-state index in [4.69, 9.17) is 9.97 Å². The number of nitrogens with one attached hydrogen (secondary N) is 1. The summed E-state index contributed by atoms with van der Waals surface area (Å²) in [5, 5.41) is 12.3. The molecule has 50 heavy (non-hydrogen) atoms. The van der Waals surface area contributed by atoms with Crippen molar-refractivity contribution >= 4 is 34.8 Å². The SMILES string of the molecule is CCC[C@H]1CC[C@H](C2CCN(c3cnc(-c4ccc(CC(NC(=O)c5ccc(C(C)(C)C)s5)C(=O)N5CC(C(=O)O)C5)cc4)nc3)CC2)CC1. The first kappa shape index (κ1) is 36.0. The van der Waals surface area contributed by atoms with Crippen LogP contribution in [0.15, 0.2) is 48.8 Å². The smallest absolute Gasteiger partial charge is 0.310 e. The van der Waals surface area contributed by atoms with Crippen molar-refractivity contribution in [2.75, 3.05) is 31.1 Å². The van der Waals surface area contributed by atoms with E-state index < -0.39 is 17.9 Å². The van der Waals surface area contributed by atoms with Crippen LogP contribution < -0.4 is 10.2 Å². The lowest BCUT2D eigenvalue weighted by Gasteiger charge is -2.39. The van der Waals surface area contributed by atoms with Gasteiger partial charge in [0.2, 0.25) is 5.91 Å². The molecular weight excluding hydrogens is 647 g/mol. The predicted molar refractivity (Wildman–Crippen MR) is 198 cm³/mol. The second-order valence-corrected chi connectivity index (χ2v) is 16.9. The van der Waals surface area contributed by atoms with E-state index in [-0.39, 0.29) is 36.7 Å². The van der Waals surface area contributed by atoms with Gasteiger partial charge in [-0.2, -0.15) is 0 Å². The number of carbonyl (C=O) groups is 3. The minimum absolute atomic E-state index is 0.0858. The highest BCUT2D eigenvalue weighted by atomic mass is 32.1. The number of carbonyl (C=O) groups excluding carboxylic acids is 2. The van der Waals surface area contributed by atoms with Crippen LogP contribution in [0.5, 0.6) is 0 Å². The first-order chi connectivity index (χ1) is 24.0. The molecule has 2 N–H and O–H groups in total. The van der Waals surface area contributed by atoms with Gasteiger partial charge in [-0.1, -0.05) is 77.6 Å². The monoisotopic (exact) mass is 699 g/mol. The number of rotatable bonds is 11. The number of benzene rings is 1. The van der Waals surface area contributed by atoms with Crippen molar-refractivity contribution < 1.29 is 19.5 Å². The molecule has 1 saturated carbocycles. The Kier molecular flexibility index (Phi) is 11.3. The predicted octanol–water partition coefficient (Wildman–Crippen LogP) is 7.21. The van der Waals surface area contributed by atoms with Crippen molar-refractivity contribution in [1.82, 2.24) is 20.2 Å². The number of aliphatic carboxylic acids is 1. The van der Waals surface area contributed by atoms with Crippen molar-refractivity contribution in [3.63, 3.8) is 0 Å². The molecule has 0 spiro atoms. The van der Waals surface area contributed by atoms with Crippen LogP contribution in [0.25, 0.3) is 11.4 Å². The van der Waals surface area contributed by atoms with Crippen LogP contribution in [-0.2, 0) is 21.4 Å². The van der Waals surface area contributed by atoms with Gasteiger partial charge in [0.05, 0.1) is 28.9 Å². The largest absolute Gasteiger partial charge is 0.481 e. The molecule has 0 bridgehead atoms. The molecule has 268 valence electrons. The molecule has 9 nitrogen and oxygen atoms in total. The number of thiophene rings is 1. The van der Waals surface area contributed by atoms with E-state index in [1.807, 2.05) is 42.7 Å². The average molecular weight is 700 g/mol. The molecule has 10 heteroatoms. The number of likely N-dealkylation sites (tertiary alicyclic amines) is 1. The Morgan fingerprint density at radius 2 is 1.56 bits per heavy atom. The van der Waals surface area contributed by atoms with Crippen LogP contribution in [0.2, 0.25) is 0 Å². The summed E-state index contributed by atoms with van der Waals surface area (Å²) in [7, 11) is 0. The molecule has 2 saturated heterocycles. The van der Waals surface area contributed by atoms with Gasteiger partial charge in [0.25, 0.3) is 5.91 Å². The van der Waals surface area contributed by atoms with Crippen molar-refractivity contribution in [3.8, 4) is 11.4 Å². The summed E-state index contributed by atoms with van der Waals surface area (Å²) >= 11 is 1.43. The summed E-state index contributed by atoms with van der Waals surface area (Å²) in [5.41, 5.74) is 2.74. The van der Waals surface area contributed by atoms with Gasteiger partial charge < -0.3 is 20.2 Å². The molecule has 3 aromatic rings. The van der Waals surface area contributed by atoms with Gasteiger partial charge >= 0.3 is 5.97 Å². The van der Waals surface area contributed by atoms with Gasteiger partial charge in [-0.25, -0.2) is 9.97 Å². The van der Waals surface area contributed by atoms with Crippen LogP contribution in [0.1, 0.15) is 99.2 Å². The number of carboxylic acids is 1. The van der Waals surface area contributed by atoms with Gasteiger partial charge in [-0.05, 0) is 66.5 Å². The Hall–Kier alpha value is -3.79. The zero-order valence-corrected chi connectivity index (χ0v) is 30.9. The van der Waals surface area contributed by atoms with Crippen LogP contribution in [-0.4, -0.2) is 70.0 Å². The maximum absolute atomic E-state index is 13.5. The third-order valence-electron chi connectivity index (χ3n) is 11.2. The van der Waals surface area contributed by atoms with Gasteiger partial charge in [-0.3, -0.25) is 14.4 Å². The molecular formula is C40H53N5O4S. The summed E-state index contributed by atoms with van der Waals surface area (Å²) in [6.07, 6.45) is 15.0. The first-order valence-corrected chi connectivity index (χ1v) is 19.4. The molecule has 1 aliphatic carbocycles. The van der Waals surface area contributed by atoms with Crippen molar-refractivity contribution in [2.45, 2.75) is 96.9 Å². The molecule has 0 radical (unpaired) electrons. The van der Waals surface area contributed by atoms with E-state index in [1.54, 1.807) is 6.07 Å². The molecule has 2 aliphatic heterocycles. The number of amides is 2. The standard InChI is InChI=1S/C40H53N5O4S/c1-5-6-26-7-11-28(12-8-26)29-17-19-44(20-18-29)32-22-41-36(42-23-32)30-13-9-27(10-14-30)21-33(38(47)45-24-31(25-45)39(48)49)43-37(46)34-15-16-35(50-34)40(2,3)4/h9-10,13-16,22-23,26,28-29,31,33H,5-8,11-12,17-21,24-25H2,1-4H3,(H,43,46)(H,48,49)/t26-,28-,33?. The maximum Gasteiger partial charge on any atom is 0.310 e. The molecule has 3 fully saturated rings. The Bertz CT molecular complexity index is 1610. The highest BCUT2D eigenvalue weighted by Gasteiger charge is 2.39. The number of hydrogen-bond donors (Lipinski definition) is 2. The summed E-state index contributed by atoms with van der Waals surface area (Å²) in [6, 6.07) is 10.7. The molecule has 2 aromatic heterocycles. The van der Waals surface area contributed by atoms with E-state index >= 15 is 0 Å². The summed E-state index contributed by atoms with van der Waals surface area (Å²) in [5.74, 6) is 1.30. The van der Waals surface area contributed by atoms with Gasteiger partial charge in [0.15, 0.2) is 5.82 Å². The summed E-state index contributed by atoms with van der Waals surface area (Å²) in [6.45, 7) is 11.0. The highest BCUT2D eigenvalue weighted by Crippen LogP contribution is 2.40. The fraction of sp³-hybridized carbons (Fsp3) is 0.575. The lowest BCUT2D eigenvalue weighted by atomic mass is 9.72. The maximum atomic E-state index is 13.5. The molecule has 1 unspecified atom stereocenters. The van der Waals surface area contributed by atoms with E-state index in [0.717, 1.165) is 52.5 Å². The number of nitrogens with zero attached hydrogens (tertiary/aromatic N) is 4. The number of carboxylic acid groups (broad SMARTS) is 1. The lowest BCUT2D eigenvalue weighted by molar-refractivity contribution is -0.153. The topological polar surface area (TPSA) is 116 Å². The highest BCUT2D eigenvalue weighted by molar-refractivity contribution is 7.14. The molecule has 6 rings (SSSR count). The minimum atomic E-state index is -0.909. The lowest BCUT2D eigenvalue weighted by Crippen LogP contribution is -2.59. The zero-order valence-electron chi connectivity index (χ0n) is 30.1. The van der Waals surface area contributed by atoms with Crippen LogP contribution >= 0.6 is 11.3 Å². The van der Waals surface area contributed by atoms with Crippen LogP contribution in [0.3, 0.4) is 0 Å². The third-order valence-corrected chi connectivity index (χ3v) is 12.7. The fourth-order valence-electron chi connectivity index (χ4n) is 7.97. The second-order valence-electron chi connectivity index (χ2n) is 15.8. The zero-order chi connectivity index (χ0) is 35.4. The molecule has 1 atom stereocenters. The Labute approximate surface area is 300 Å². The normalized spacial score (nSPS) is 21.0. The van der Waals surface area contributed by atoms with Crippen molar-refractivity contribution in [3.05, 3.63) is 64.1 Å². The van der Waals surface area contributed by atoms with Crippen molar-refractivity contribution in [2.24, 2.45) is 23.7 Å².